The first-order valence-electron chi connectivity index (χ1n) is 9.29. The summed E-state index contributed by atoms with van der Waals surface area (Å²) in [5.74, 6) is -0.380. The summed E-state index contributed by atoms with van der Waals surface area (Å²) in [7, 11) is 2.13. The van der Waals surface area contributed by atoms with E-state index in [2.05, 4.69) is 29.1 Å². The fourth-order valence-electron chi connectivity index (χ4n) is 3.22. The predicted molar refractivity (Wildman–Crippen MR) is 110 cm³/mol. The molecule has 0 saturated carbocycles. The molecule has 0 spiro atoms. The zero-order valence-corrected chi connectivity index (χ0v) is 16.3. The molecule has 1 saturated heterocycles. The molecule has 2 aromatic carbocycles. The summed E-state index contributed by atoms with van der Waals surface area (Å²) in [4.78, 5) is 28.1. The molecule has 0 unspecified atom stereocenters. The maximum atomic E-state index is 12.2. The maximum Gasteiger partial charge on any atom is 0.262 e. The van der Waals surface area contributed by atoms with Crippen LogP contribution >= 0.6 is 0 Å². The summed E-state index contributed by atoms with van der Waals surface area (Å²) < 4.78 is 5.46. The molecule has 2 aromatic rings. The van der Waals surface area contributed by atoms with E-state index in [1.807, 2.05) is 18.2 Å². The molecule has 7 heteroatoms. The van der Waals surface area contributed by atoms with E-state index < -0.39 is 5.91 Å². The van der Waals surface area contributed by atoms with Gasteiger partial charge < -0.3 is 25.6 Å². The second-order valence-corrected chi connectivity index (χ2v) is 7.02. The van der Waals surface area contributed by atoms with E-state index >= 15 is 0 Å². The van der Waals surface area contributed by atoms with Crippen LogP contribution in [-0.4, -0.2) is 56.5 Å². The molecular weight excluding hydrogens is 356 g/mol. The van der Waals surface area contributed by atoms with E-state index in [4.69, 9.17) is 10.5 Å². The number of rotatable bonds is 6. The average molecular weight is 382 g/mol. The van der Waals surface area contributed by atoms with Crippen LogP contribution in [-0.2, 0) is 4.79 Å². The van der Waals surface area contributed by atoms with Gasteiger partial charge in [0.05, 0.1) is 0 Å². The highest BCUT2D eigenvalue weighted by Crippen LogP contribution is 2.24. The molecule has 0 aliphatic carbocycles. The minimum Gasteiger partial charge on any atom is -0.484 e. The van der Waals surface area contributed by atoms with Gasteiger partial charge >= 0.3 is 0 Å². The average Bonchev–Trinajstić information content (AvgIpc) is 2.68. The summed E-state index contributed by atoms with van der Waals surface area (Å²) in [6.07, 6.45) is 0. The second-order valence-electron chi connectivity index (χ2n) is 7.02. The molecule has 2 amide bonds. The smallest absolute Gasteiger partial charge is 0.262 e. The zero-order valence-electron chi connectivity index (χ0n) is 16.3. The summed E-state index contributed by atoms with van der Waals surface area (Å²) in [6, 6.07) is 12.4. The van der Waals surface area contributed by atoms with Crippen molar-refractivity contribution < 1.29 is 14.3 Å². The SMILES string of the molecule is Cc1cc(NC(=O)COc2cccc(C(N)=O)c2)ccc1N1CCN(C)CC1. The number of benzene rings is 2. The summed E-state index contributed by atoms with van der Waals surface area (Å²) in [5, 5.41) is 2.85. The number of aryl methyl sites for hydroxylation is 1. The molecule has 0 bridgehead atoms. The maximum absolute atomic E-state index is 12.2. The Morgan fingerprint density at radius 2 is 1.86 bits per heavy atom. The number of anilines is 2. The molecule has 3 N–H and O–H groups in total. The third-order valence-electron chi connectivity index (χ3n) is 4.81. The minimum absolute atomic E-state index is 0.151. The predicted octanol–water partition coefficient (Wildman–Crippen LogP) is 1.86. The molecular formula is C21H26N4O3. The van der Waals surface area contributed by atoms with Gasteiger partial charge in [0.25, 0.3) is 5.91 Å². The van der Waals surface area contributed by atoms with Crippen molar-refractivity contribution in [1.82, 2.24) is 4.90 Å². The number of likely N-dealkylation sites (N-methyl/N-ethyl adjacent to an activating group) is 1. The molecule has 3 rings (SSSR count). The largest absolute Gasteiger partial charge is 0.484 e. The third-order valence-corrected chi connectivity index (χ3v) is 4.81. The van der Waals surface area contributed by atoms with Gasteiger partial charge in [0.15, 0.2) is 6.61 Å². The van der Waals surface area contributed by atoms with E-state index in [0.717, 1.165) is 37.4 Å². The lowest BCUT2D eigenvalue weighted by molar-refractivity contribution is -0.118. The van der Waals surface area contributed by atoms with Crippen LogP contribution in [0.5, 0.6) is 5.75 Å². The van der Waals surface area contributed by atoms with Gasteiger partial charge in [-0.3, -0.25) is 9.59 Å². The van der Waals surface area contributed by atoms with Crippen LogP contribution in [0.2, 0.25) is 0 Å². The molecule has 1 fully saturated rings. The van der Waals surface area contributed by atoms with Crippen LogP contribution in [0.15, 0.2) is 42.5 Å². The molecule has 1 aliphatic heterocycles. The zero-order chi connectivity index (χ0) is 20.1. The highest BCUT2D eigenvalue weighted by molar-refractivity contribution is 5.93. The van der Waals surface area contributed by atoms with E-state index in [1.54, 1.807) is 18.2 Å². The summed E-state index contributed by atoms with van der Waals surface area (Å²) in [5.41, 5.74) is 8.64. The number of nitrogens with two attached hydrogens (primary N) is 1. The molecule has 0 aromatic heterocycles. The molecule has 28 heavy (non-hydrogen) atoms. The van der Waals surface area contributed by atoms with Crippen molar-refractivity contribution in [3.63, 3.8) is 0 Å². The lowest BCUT2D eigenvalue weighted by Crippen LogP contribution is -2.44. The number of piperazine rings is 1. The van der Waals surface area contributed by atoms with Crippen molar-refractivity contribution in [3.8, 4) is 5.75 Å². The van der Waals surface area contributed by atoms with Crippen molar-refractivity contribution in [1.29, 1.82) is 0 Å². The van der Waals surface area contributed by atoms with Gasteiger partial charge in [-0.25, -0.2) is 0 Å². The Morgan fingerprint density at radius 1 is 1.11 bits per heavy atom. The van der Waals surface area contributed by atoms with Crippen molar-refractivity contribution in [3.05, 3.63) is 53.6 Å². The Labute approximate surface area is 165 Å². The molecule has 0 radical (unpaired) electrons. The van der Waals surface area contributed by atoms with Crippen molar-refractivity contribution >= 4 is 23.2 Å². The molecule has 7 nitrogen and oxygen atoms in total. The van der Waals surface area contributed by atoms with Crippen LogP contribution < -0.4 is 20.7 Å². The van der Waals surface area contributed by atoms with Gasteiger partial charge in [-0.1, -0.05) is 6.07 Å². The third kappa shape index (κ3) is 5.01. The fraction of sp³-hybridized carbons (Fsp3) is 0.333. The fourth-order valence-corrected chi connectivity index (χ4v) is 3.22. The molecule has 1 aliphatic rings. The Kier molecular flexibility index (Phi) is 6.16. The highest BCUT2D eigenvalue weighted by atomic mass is 16.5. The number of nitrogens with one attached hydrogen (secondary N) is 1. The first-order valence-corrected chi connectivity index (χ1v) is 9.29. The first-order chi connectivity index (χ1) is 13.4. The lowest BCUT2D eigenvalue weighted by Gasteiger charge is -2.35. The first kappa shape index (κ1) is 19.7. The van der Waals surface area contributed by atoms with E-state index in [-0.39, 0.29) is 12.5 Å². The monoisotopic (exact) mass is 382 g/mol. The van der Waals surface area contributed by atoms with Crippen LogP contribution in [0.3, 0.4) is 0 Å². The number of carbonyl (C=O) groups is 2. The van der Waals surface area contributed by atoms with E-state index in [1.165, 1.54) is 11.8 Å². The second kappa shape index (κ2) is 8.75. The molecule has 0 atom stereocenters. The quantitative estimate of drug-likeness (QED) is 0.796. The number of hydrogen-bond acceptors (Lipinski definition) is 5. The number of ether oxygens (including phenoxy) is 1. The van der Waals surface area contributed by atoms with Crippen LogP contribution in [0, 0.1) is 6.92 Å². The van der Waals surface area contributed by atoms with Crippen LogP contribution in [0.1, 0.15) is 15.9 Å². The van der Waals surface area contributed by atoms with Crippen LogP contribution in [0.25, 0.3) is 0 Å². The van der Waals surface area contributed by atoms with Crippen LogP contribution in [0.4, 0.5) is 11.4 Å². The Hall–Kier alpha value is -3.06. The normalized spacial score (nSPS) is 14.6. The molecule has 1 heterocycles. The standard InChI is InChI=1S/C21H26N4O3/c1-15-12-17(6-7-19(15)25-10-8-24(2)9-11-25)23-20(26)14-28-18-5-3-4-16(13-18)21(22)27/h3-7,12-13H,8-11,14H2,1-2H3,(H2,22,27)(H,23,26). The summed E-state index contributed by atoms with van der Waals surface area (Å²) in [6.45, 7) is 6.00. The number of primary amides is 1. The van der Waals surface area contributed by atoms with Gasteiger partial charge in [-0.05, 0) is 55.9 Å². The van der Waals surface area contributed by atoms with Crippen molar-refractivity contribution in [2.24, 2.45) is 5.73 Å². The van der Waals surface area contributed by atoms with Crippen molar-refractivity contribution in [2.75, 3.05) is 50.1 Å². The van der Waals surface area contributed by atoms with E-state index in [0.29, 0.717) is 11.3 Å². The van der Waals surface area contributed by atoms with Gasteiger partial charge in [-0.2, -0.15) is 0 Å². The van der Waals surface area contributed by atoms with Gasteiger partial charge in [0, 0.05) is 43.1 Å². The highest BCUT2D eigenvalue weighted by Gasteiger charge is 2.16. The Morgan fingerprint density at radius 3 is 2.54 bits per heavy atom. The van der Waals surface area contributed by atoms with Gasteiger partial charge in [-0.15, -0.1) is 0 Å². The van der Waals surface area contributed by atoms with Crippen molar-refractivity contribution in [2.45, 2.75) is 6.92 Å². The minimum atomic E-state index is -0.536. The van der Waals surface area contributed by atoms with Gasteiger partial charge in [0.1, 0.15) is 5.75 Å². The topological polar surface area (TPSA) is 87.9 Å². The Bertz CT molecular complexity index is 860. The summed E-state index contributed by atoms with van der Waals surface area (Å²) >= 11 is 0. The van der Waals surface area contributed by atoms with Gasteiger partial charge in [0.2, 0.25) is 5.91 Å². The number of nitrogens with zero attached hydrogens (tertiary/aromatic N) is 2. The number of amides is 2. The number of carbonyl (C=O) groups excluding carboxylic acids is 2. The molecule has 148 valence electrons. The number of hydrogen-bond donors (Lipinski definition) is 2. The lowest BCUT2D eigenvalue weighted by atomic mass is 10.1. The van der Waals surface area contributed by atoms with E-state index in [9.17, 15) is 9.59 Å². The Balaban J connectivity index is 1.56.